The fourth-order valence-electron chi connectivity index (χ4n) is 5.49. The number of likely N-dealkylation sites (N-methyl/N-ethyl adjacent to an activating group) is 1. The van der Waals surface area contributed by atoms with E-state index in [0.717, 1.165) is 59.3 Å². The van der Waals surface area contributed by atoms with E-state index in [1.54, 1.807) is 18.9 Å². The van der Waals surface area contributed by atoms with Gasteiger partial charge in [-0.15, -0.1) is 11.8 Å². The molecule has 2 aromatic rings. The van der Waals surface area contributed by atoms with Gasteiger partial charge >= 0.3 is 0 Å². The van der Waals surface area contributed by atoms with Gasteiger partial charge in [-0.2, -0.15) is 0 Å². The van der Waals surface area contributed by atoms with E-state index in [4.69, 9.17) is 16.3 Å². The fraction of sp³-hybridized carbons (Fsp3) is 0.429. The van der Waals surface area contributed by atoms with Crippen molar-refractivity contribution >= 4 is 46.9 Å². The molecule has 1 aliphatic carbocycles. The van der Waals surface area contributed by atoms with E-state index in [-0.39, 0.29) is 23.8 Å². The van der Waals surface area contributed by atoms with Crippen molar-refractivity contribution in [2.24, 2.45) is 5.92 Å². The number of thioether (sulfide) groups is 1. The van der Waals surface area contributed by atoms with Crippen molar-refractivity contribution in [2.75, 3.05) is 45.2 Å². The van der Waals surface area contributed by atoms with Gasteiger partial charge in [-0.25, -0.2) is 0 Å². The molecule has 2 aliphatic heterocycles. The summed E-state index contributed by atoms with van der Waals surface area (Å²) >= 11 is 7.83. The maximum atomic E-state index is 13.4. The first kappa shape index (κ1) is 25.0. The lowest BCUT2D eigenvalue weighted by Crippen LogP contribution is -2.55. The number of ether oxygens (including phenoxy) is 1. The van der Waals surface area contributed by atoms with Gasteiger partial charge < -0.3 is 19.4 Å². The average Bonchev–Trinajstić information content (AvgIpc) is 2.91. The van der Waals surface area contributed by atoms with Crippen molar-refractivity contribution in [1.29, 1.82) is 0 Å². The maximum absolute atomic E-state index is 13.4. The summed E-state index contributed by atoms with van der Waals surface area (Å²) < 4.78 is 5.23. The van der Waals surface area contributed by atoms with Crippen LogP contribution >= 0.6 is 23.4 Å². The molecule has 2 saturated heterocycles. The van der Waals surface area contributed by atoms with Gasteiger partial charge in [-0.3, -0.25) is 9.59 Å². The number of piperazine rings is 1. The summed E-state index contributed by atoms with van der Waals surface area (Å²) in [6.45, 7) is 3.04. The van der Waals surface area contributed by atoms with E-state index < -0.39 is 0 Å². The largest absolute Gasteiger partial charge is 0.497 e. The summed E-state index contributed by atoms with van der Waals surface area (Å²) in [6, 6.07) is 15.7. The third kappa shape index (κ3) is 5.23. The molecule has 36 heavy (non-hydrogen) atoms. The number of halogens is 1. The Hall–Kier alpha value is -2.64. The summed E-state index contributed by atoms with van der Waals surface area (Å²) in [4.78, 5) is 33.5. The number of anilines is 1. The average molecular weight is 526 g/mol. The molecule has 190 valence electrons. The van der Waals surface area contributed by atoms with Crippen LogP contribution in [0.3, 0.4) is 0 Å². The zero-order valence-electron chi connectivity index (χ0n) is 20.7. The van der Waals surface area contributed by atoms with E-state index in [9.17, 15) is 9.59 Å². The highest BCUT2D eigenvalue weighted by Gasteiger charge is 2.43. The number of nitrogens with zero attached hydrogens (tertiary/aromatic N) is 3. The normalized spacial score (nSPS) is 25.6. The third-order valence-electron chi connectivity index (χ3n) is 7.59. The molecule has 3 unspecified atom stereocenters. The zero-order valence-corrected chi connectivity index (χ0v) is 22.3. The van der Waals surface area contributed by atoms with Crippen LogP contribution in [0.1, 0.15) is 24.8 Å². The second kappa shape index (κ2) is 10.8. The van der Waals surface area contributed by atoms with Crippen LogP contribution in [0.15, 0.2) is 53.4 Å². The van der Waals surface area contributed by atoms with E-state index >= 15 is 0 Å². The number of hydrogen-bond donors (Lipinski definition) is 0. The van der Waals surface area contributed by atoms with Crippen LogP contribution in [0.4, 0.5) is 5.69 Å². The Kier molecular flexibility index (Phi) is 7.49. The number of rotatable bonds is 4. The van der Waals surface area contributed by atoms with Gasteiger partial charge in [0.2, 0.25) is 5.91 Å². The van der Waals surface area contributed by atoms with E-state index in [0.29, 0.717) is 18.3 Å². The predicted octanol–water partition coefficient (Wildman–Crippen LogP) is 4.78. The first-order valence-electron chi connectivity index (χ1n) is 12.5. The molecule has 2 heterocycles. The van der Waals surface area contributed by atoms with Crippen molar-refractivity contribution < 1.29 is 14.3 Å². The Morgan fingerprint density at radius 2 is 1.83 bits per heavy atom. The molecule has 0 radical (unpaired) electrons. The molecule has 2 amide bonds. The van der Waals surface area contributed by atoms with Gasteiger partial charge in [-0.1, -0.05) is 29.8 Å². The fourth-order valence-corrected chi connectivity index (χ4v) is 7.15. The van der Waals surface area contributed by atoms with Crippen LogP contribution in [-0.4, -0.2) is 73.2 Å². The van der Waals surface area contributed by atoms with Gasteiger partial charge in [0.05, 0.1) is 12.0 Å². The lowest BCUT2D eigenvalue weighted by molar-refractivity contribution is -0.139. The molecular weight excluding hydrogens is 494 g/mol. The Bertz CT molecular complexity index is 1150. The van der Waals surface area contributed by atoms with Gasteiger partial charge in [0.1, 0.15) is 5.75 Å². The zero-order chi connectivity index (χ0) is 25.2. The Morgan fingerprint density at radius 1 is 1.08 bits per heavy atom. The minimum Gasteiger partial charge on any atom is -0.497 e. The molecule has 0 bridgehead atoms. The van der Waals surface area contributed by atoms with Gasteiger partial charge in [0.25, 0.3) is 5.91 Å². The van der Waals surface area contributed by atoms with Gasteiger partial charge in [0.15, 0.2) is 0 Å². The molecule has 0 spiro atoms. The second-order valence-electron chi connectivity index (χ2n) is 9.72. The second-order valence-corrected chi connectivity index (χ2v) is 11.4. The highest BCUT2D eigenvalue weighted by molar-refractivity contribution is 8.04. The summed E-state index contributed by atoms with van der Waals surface area (Å²) in [7, 11) is 3.53. The van der Waals surface area contributed by atoms with E-state index in [1.807, 2.05) is 65.4 Å². The van der Waals surface area contributed by atoms with Crippen LogP contribution in [0.2, 0.25) is 5.02 Å². The molecule has 1 saturated carbocycles. The Morgan fingerprint density at radius 3 is 2.53 bits per heavy atom. The first-order valence-corrected chi connectivity index (χ1v) is 13.8. The summed E-state index contributed by atoms with van der Waals surface area (Å²) in [5.74, 6) is 1.06. The monoisotopic (exact) mass is 525 g/mol. The van der Waals surface area contributed by atoms with Crippen LogP contribution in [-0.2, 0) is 9.59 Å². The van der Waals surface area contributed by atoms with Crippen molar-refractivity contribution in [3.05, 3.63) is 64.0 Å². The number of fused-ring (bicyclic) bond motifs is 1. The summed E-state index contributed by atoms with van der Waals surface area (Å²) in [5.41, 5.74) is 2.09. The van der Waals surface area contributed by atoms with Crippen molar-refractivity contribution in [1.82, 2.24) is 9.80 Å². The quantitative estimate of drug-likeness (QED) is 0.538. The first-order chi connectivity index (χ1) is 17.4. The molecule has 3 atom stereocenters. The molecule has 6 nitrogen and oxygen atoms in total. The molecule has 2 aromatic carbocycles. The number of methoxy groups -OCH3 is 1. The standard InChI is InChI=1S/C28H32ClN3O3S/c1-30-24-17-20(27(33)32-14-12-31(13-15-32)22-5-3-4-21(29)18-22)8-11-25(24)36-26(28(30)34)16-19-6-9-23(35-2)10-7-19/h3-7,9-10,16,18,20,24-25H,8,11-15,17H2,1-2H3/b26-16-. The highest BCUT2D eigenvalue weighted by Crippen LogP contribution is 2.43. The minimum absolute atomic E-state index is 0.0214. The number of carbonyl (C=O) groups excluding carboxylic acids is 2. The highest BCUT2D eigenvalue weighted by atomic mass is 35.5. The molecular formula is C28H32ClN3O3S. The summed E-state index contributed by atoms with van der Waals surface area (Å²) in [5, 5.41) is 1.05. The topological polar surface area (TPSA) is 53.1 Å². The summed E-state index contributed by atoms with van der Waals surface area (Å²) in [6.07, 6.45) is 4.52. The molecule has 0 aromatic heterocycles. The lowest BCUT2D eigenvalue weighted by Gasteiger charge is -2.45. The van der Waals surface area contributed by atoms with Crippen LogP contribution in [0, 0.1) is 5.92 Å². The number of hydrogen-bond acceptors (Lipinski definition) is 5. The van der Waals surface area contributed by atoms with E-state index in [2.05, 4.69) is 11.0 Å². The number of carbonyl (C=O) groups is 2. The smallest absolute Gasteiger partial charge is 0.260 e. The Labute approximate surface area is 222 Å². The van der Waals surface area contributed by atoms with E-state index in [1.165, 1.54) is 0 Å². The molecule has 0 N–H and O–H groups in total. The van der Waals surface area contributed by atoms with Gasteiger partial charge in [0, 0.05) is 61.1 Å². The molecule has 3 aliphatic rings. The molecule has 8 heteroatoms. The Balaban J connectivity index is 1.19. The van der Waals surface area contributed by atoms with Gasteiger partial charge in [-0.05, 0) is 61.2 Å². The lowest BCUT2D eigenvalue weighted by atomic mass is 9.83. The van der Waals surface area contributed by atoms with Crippen LogP contribution < -0.4 is 9.64 Å². The number of benzene rings is 2. The van der Waals surface area contributed by atoms with Crippen LogP contribution in [0.5, 0.6) is 5.75 Å². The predicted molar refractivity (Wildman–Crippen MR) is 146 cm³/mol. The maximum Gasteiger partial charge on any atom is 0.260 e. The van der Waals surface area contributed by atoms with Crippen LogP contribution in [0.25, 0.3) is 6.08 Å². The van der Waals surface area contributed by atoms with Crippen molar-refractivity contribution in [3.8, 4) is 5.75 Å². The SMILES string of the molecule is COc1ccc(/C=C2\SC3CCC(C(=O)N4CCN(c5cccc(Cl)c5)CC4)CC3N(C)C2=O)cc1. The van der Waals surface area contributed by atoms with Crippen molar-refractivity contribution in [3.63, 3.8) is 0 Å². The number of amides is 2. The minimum atomic E-state index is -0.0214. The third-order valence-corrected chi connectivity index (χ3v) is 9.22. The van der Waals surface area contributed by atoms with Crippen molar-refractivity contribution in [2.45, 2.75) is 30.6 Å². The molecule has 3 fully saturated rings. The molecule has 5 rings (SSSR count).